The Balaban J connectivity index is 1.19. The number of anilines is 2. The molecule has 0 radical (unpaired) electrons. The molecule has 0 bridgehead atoms. The number of benzene rings is 2. The number of pyridine rings is 1. The van der Waals surface area contributed by atoms with E-state index in [0.29, 0.717) is 30.3 Å². The fourth-order valence-corrected chi connectivity index (χ4v) is 4.31. The predicted octanol–water partition coefficient (Wildman–Crippen LogP) is 4.41. The fraction of sp³-hybridized carbons (Fsp3) is 0.148. The summed E-state index contributed by atoms with van der Waals surface area (Å²) in [5.41, 5.74) is 7.04. The quantitative estimate of drug-likeness (QED) is 0.331. The number of imidazole rings is 1. The van der Waals surface area contributed by atoms with Crippen LogP contribution in [-0.4, -0.2) is 27.2 Å². The molecule has 4 heterocycles. The molecular weight excluding hydrogens is 456 g/mol. The smallest absolute Gasteiger partial charge is 0.251 e. The summed E-state index contributed by atoms with van der Waals surface area (Å²) in [5, 5.41) is 13.4. The first-order valence-corrected chi connectivity index (χ1v) is 11.6. The van der Waals surface area contributed by atoms with E-state index in [4.69, 9.17) is 9.26 Å². The fourth-order valence-electron chi connectivity index (χ4n) is 4.31. The topological polar surface area (TPSA) is 106 Å². The van der Waals surface area contributed by atoms with Crippen molar-refractivity contribution in [3.63, 3.8) is 0 Å². The monoisotopic (exact) mass is 480 g/mol. The van der Waals surface area contributed by atoms with Crippen molar-refractivity contribution in [2.24, 2.45) is 0 Å². The second-order valence-corrected chi connectivity index (χ2v) is 8.60. The van der Waals surface area contributed by atoms with Crippen molar-refractivity contribution in [2.45, 2.75) is 20.0 Å². The van der Waals surface area contributed by atoms with Crippen LogP contribution in [0.25, 0.3) is 16.9 Å². The van der Waals surface area contributed by atoms with Crippen molar-refractivity contribution in [3.05, 3.63) is 95.6 Å². The molecule has 1 amide bonds. The summed E-state index contributed by atoms with van der Waals surface area (Å²) in [6, 6.07) is 19.4. The van der Waals surface area contributed by atoms with E-state index in [9.17, 15) is 4.79 Å². The Morgan fingerprint density at radius 1 is 1.11 bits per heavy atom. The van der Waals surface area contributed by atoms with Crippen LogP contribution < -0.4 is 20.7 Å². The average molecular weight is 481 g/mol. The second-order valence-electron chi connectivity index (χ2n) is 8.60. The second kappa shape index (κ2) is 9.20. The largest absolute Gasteiger partial charge is 0.478 e. The molecule has 0 saturated carbocycles. The van der Waals surface area contributed by atoms with Crippen LogP contribution in [0.2, 0.25) is 0 Å². The van der Waals surface area contributed by atoms with Gasteiger partial charge in [0.15, 0.2) is 5.65 Å². The minimum atomic E-state index is -0.173. The molecule has 0 fully saturated rings. The van der Waals surface area contributed by atoms with E-state index in [1.165, 1.54) is 0 Å². The molecule has 36 heavy (non-hydrogen) atoms. The normalized spacial score (nSPS) is 12.7. The standard InChI is InChI=1S/C27H24N6O3/c1-17-12-22(32-36-17)15-30-27(34)18-2-5-21(6-3-18)31-23-7-8-24(33-11-10-29-26(23)33)19-4-9-25-20(13-19)14-28-16-35-25/h2-13,28,31H,14-16H2,1H3,(H,30,34). The zero-order valence-electron chi connectivity index (χ0n) is 19.6. The summed E-state index contributed by atoms with van der Waals surface area (Å²) in [5.74, 6) is 1.46. The number of nitrogens with one attached hydrogen (secondary N) is 3. The minimum absolute atomic E-state index is 0.173. The van der Waals surface area contributed by atoms with Crippen molar-refractivity contribution in [2.75, 3.05) is 12.0 Å². The van der Waals surface area contributed by atoms with Gasteiger partial charge in [-0.2, -0.15) is 0 Å². The lowest BCUT2D eigenvalue weighted by Crippen LogP contribution is -2.25. The number of aryl methyl sites for hydroxylation is 1. The van der Waals surface area contributed by atoms with Gasteiger partial charge < -0.3 is 19.9 Å². The van der Waals surface area contributed by atoms with E-state index in [1.54, 1.807) is 24.4 Å². The average Bonchev–Trinajstić information content (AvgIpc) is 3.57. The molecule has 180 valence electrons. The van der Waals surface area contributed by atoms with Crippen LogP contribution in [0.4, 0.5) is 11.4 Å². The zero-order valence-corrected chi connectivity index (χ0v) is 19.6. The van der Waals surface area contributed by atoms with Crippen molar-refractivity contribution in [1.82, 2.24) is 25.2 Å². The molecule has 9 heteroatoms. The van der Waals surface area contributed by atoms with Crippen molar-refractivity contribution in [1.29, 1.82) is 0 Å². The Morgan fingerprint density at radius 2 is 2.00 bits per heavy atom. The Hall–Kier alpha value is -4.63. The number of fused-ring (bicyclic) bond motifs is 2. The van der Waals surface area contributed by atoms with E-state index >= 15 is 0 Å². The highest BCUT2D eigenvalue weighted by molar-refractivity contribution is 5.94. The van der Waals surface area contributed by atoms with Crippen molar-refractivity contribution in [3.8, 4) is 17.0 Å². The molecule has 5 aromatic rings. The van der Waals surface area contributed by atoms with Gasteiger partial charge in [-0.1, -0.05) is 5.16 Å². The summed E-state index contributed by atoms with van der Waals surface area (Å²) in [7, 11) is 0. The lowest BCUT2D eigenvalue weighted by atomic mass is 10.1. The van der Waals surface area contributed by atoms with Gasteiger partial charge in [0.1, 0.15) is 23.9 Å². The summed E-state index contributed by atoms with van der Waals surface area (Å²) < 4.78 is 12.8. The van der Waals surface area contributed by atoms with E-state index in [1.807, 2.05) is 37.4 Å². The maximum Gasteiger partial charge on any atom is 0.251 e. The van der Waals surface area contributed by atoms with Gasteiger partial charge in [-0.25, -0.2) is 4.98 Å². The van der Waals surface area contributed by atoms with Gasteiger partial charge in [-0.15, -0.1) is 0 Å². The molecule has 0 atom stereocenters. The molecule has 9 nitrogen and oxygen atoms in total. The molecule has 3 aromatic heterocycles. The van der Waals surface area contributed by atoms with Crippen LogP contribution >= 0.6 is 0 Å². The van der Waals surface area contributed by atoms with Crippen LogP contribution in [-0.2, 0) is 13.1 Å². The lowest BCUT2D eigenvalue weighted by Gasteiger charge is -2.19. The summed E-state index contributed by atoms with van der Waals surface area (Å²) in [6.45, 7) is 3.44. The number of amides is 1. The highest BCUT2D eigenvalue weighted by Crippen LogP contribution is 2.31. The third kappa shape index (κ3) is 4.27. The molecule has 1 aliphatic rings. The molecule has 0 unspecified atom stereocenters. The first-order valence-electron chi connectivity index (χ1n) is 11.6. The lowest BCUT2D eigenvalue weighted by molar-refractivity contribution is 0.0950. The van der Waals surface area contributed by atoms with Crippen LogP contribution in [0, 0.1) is 6.92 Å². The zero-order chi connectivity index (χ0) is 24.5. The van der Waals surface area contributed by atoms with Crippen molar-refractivity contribution < 1.29 is 14.1 Å². The Bertz CT molecular complexity index is 1550. The number of rotatable bonds is 6. The minimum Gasteiger partial charge on any atom is -0.478 e. The number of nitrogens with zero attached hydrogens (tertiary/aromatic N) is 3. The van der Waals surface area contributed by atoms with Gasteiger partial charge in [0.2, 0.25) is 0 Å². The maximum absolute atomic E-state index is 12.5. The molecule has 2 aromatic carbocycles. The molecule has 1 aliphatic heterocycles. The number of carbonyl (C=O) groups is 1. The molecule has 0 saturated heterocycles. The Labute approximate surface area is 207 Å². The molecular formula is C27H24N6O3. The highest BCUT2D eigenvalue weighted by atomic mass is 16.5. The molecule has 0 aliphatic carbocycles. The van der Waals surface area contributed by atoms with E-state index in [-0.39, 0.29) is 5.91 Å². The number of hydrogen-bond donors (Lipinski definition) is 3. The summed E-state index contributed by atoms with van der Waals surface area (Å²) in [6.07, 6.45) is 3.74. The highest BCUT2D eigenvalue weighted by Gasteiger charge is 2.14. The predicted molar refractivity (Wildman–Crippen MR) is 135 cm³/mol. The third-order valence-corrected chi connectivity index (χ3v) is 6.08. The van der Waals surface area contributed by atoms with Crippen molar-refractivity contribution >= 4 is 22.9 Å². The van der Waals surface area contributed by atoms with E-state index in [0.717, 1.165) is 46.1 Å². The van der Waals surface area contributed by atoms with Gasteiger partial charge in [0.05, 0.1) is 17.9 Å². The van der Waals surface area contributed by atoms with Crippen LogP contribution in [0.5, 0.6) is 5.75 Å². The number of ether oxygens (including phenoxy) is 1. The number of hydrogen-bond acceptors (Lipinski definition) is 7. The maximum atomic E-state index is 12.5. The molecule has 3 N–H and O–H groups in total. The Morgan fingerprint density at radius 3 is 2.83 bits per heavy atom. The first-order chi connectivity index (χ1) is 17.6. The number of aromatic nitrogens is 3. The van der Waals surface area contributed by atoms with Crippen LogP contribution in [0.3, 0.4) is 0 Å². The van der Waals surface area contributed by atoms with E-state index < -0.39 is 0 Å². The van der Waals surface area contributed by atoms with Gasteiger partial charge >= 0.3 is 0 Å². The van der Waals surface area contributed by atoms with Gasteiger partial charge in [-0.3, -0.25) is 14.5 Å². The first kappa shape index (κ1) is 21.9. The van der Waals surface area contributed by atoms with Gasteiger partial charge in [-0.05, 0) is 67.1 Å². The summed E-state index contributed by atoms with van der Waals surface area (Å²) in [4.78, 5) is 17.1. The van der Waals surface area contributed by atoms with Crippen LogP contribution in [0.15, 0.2) is 77.6 Å². The van der Waals surface area contributed by atoms with Gasteiger partial charge in [0.25, 0.3) is 5.91 Å². The Kier molecular flexibility index (Phi) is 5.59. The molecule has 0 spiro atoms. The number of carbonyl (C=O) groups excluding carboxylic acids is 1. The van der Waals surface area contributed by atoms with E-state index in [2.05, 4.69) is 48.7 Å². The summed E-state index contributed by atoms with van der Waals surface area (Å²) >= 11 is 0. The SMILES string of the molecule is Cc1cc(CNC(=O)c2ccc(Nc3ccc(-c4ccc5c(c4)CNCO5)n4ccnc34)cc2)no1. The third-order valence-electron chi connectivity index (χ3n) is 6.08. The molecule has 6 rings (SSSR count). The van der Waals surface area contributed by atoms with Gasteiger partial charge in [0, 0.05) is 41.8 Å². The van der Waals surface area contributed by atoms with Crippen LogP contribution in [0.1, 0.15) is 27.4 Å².